The summed E-state index contributed by atoms with van der Waals surface area (Å²) in [5, 5.41) is 4.25. The fourth-order valence-electron chi connectivity index (χ4n) is 5.88. The number of hydrogen-bond acceptors (Lipinski definition) is 4. The van der Waals surface area contributed by atoms with E-state index in [1.807, 2.05) is 6.20 Å². The van der Waals surface area contributed by atoms with Crippen molar-refractivity contribution in [1.29, 1.82) is 0 Å². The van der Waals surface area contributed by atoms with E-state index >= 15 is 0 Å². The molecular weight excluding hydrogens is 595 g/mol. The summed E-state index contributed by atoms with van der Waals surface area (Å²) in [5.74, 6) is 7.62. The van der Waals surface area contributed by atoms with Crippen LogP contribution in [-0.2, 0) is 0 Å². The van der Waals surface area contributed by atoms with E-state index in [-0.39, 0.29) is 0 Å². The lowest BCUT2D eigenvalue weighted by Crippen LogP contribution is -1.97. The minimum absolute atomic E-state index is 0.774. The molecule has 252 valence electrons. The maximum Gasteiger partial charge on any atom is 0.194 e. The molecule has 0 fully saturated rings. The highest BCUT2D eigenvalue weighted by Gasteiger charge is 2.06. The zero-order valence-corrected chi connectivity index (χ0v) is 30.0. The van der Waals surface area contributed by atoms with Crippen LogP contribution >= 0.6 is 11.3 Å². The molecule has 0 aliphatic rings. The quantitative estimate of drug-likeness (QED) is 0.0591. The second kappa shape index (κ2) is 22.3. The molecule has 0 N–H and O–H groups in total. The summed E-state index contributed by atoms with van der Waals surface area (Å²) in [7, 11) is 0. The molecule has 0 aliphatic carbocycles. The van der Waals surface area contributed by atoms with Crippen molar-refractivity contribution in [3.05, 3.63) is 78.0 Å². The number of unbranched alkanes of at least 4 members (excludes halogenated alkanes) is 16. The van der Waals surface area contributed by atoms with E-state index in [0.717, 1.165) is 58.6 Å². The van der Waals surface area contributed by atoms with Gasteiger partial charge in [0.1, 0.15) is 10.8 Å². The highest BCUT2D eigenvalue weighted by molar-refractivity contribution is 7.16. The Morgan fingerprint density at radius 2 is 1.04 bits per heavy atom. The summed E-state index contributed by atoms with van der Waals surface area (Å²) < 4.78 is 12.0. The normalized spacial score (nSPS) is 11.0. The largest absolute Gasteiger partial charge is 0.494 e. The van der Waals surface area contributed by atoms with Crippen molar-refractivity contribution in [3.8, 4) is 33.2 Å². The van der Waals surface area contributed by atoms with Gasteiger partial charge in [0.05, 0.1) is 19.4 Å². The van der Waals surface area contributed by atoms with Crippen LogP contribution in [0.15, 0.2) is 66.9 Å². The van der Waals surface area contributed by atoms with Gasteiger partial charge in [-0.25, -0.2) is 4.98 Å². The highest BCUT2D eigenvalue weighted by atomic mass is 32.1. The van der Waals surface area contributed by atoms with E-state index in [1.165, 1.54) is 114 Å². The van der Waals surface area contributed by atoms with Crippen LogP contribution in [0.4, 0.5) is 0 Å². The van der Waals surface area contributed by atoms with Gasteiger partial charge < -0.3 is 9.47 Å². The van der Waals surface area contributed by atoms with E-state index in [1.54, 1.807) is 11.3 Å². The fourth-order valence-corrected chi connectivity index (χ4v) is 6.68. The molecule has 0 atom stereocenters. The summed E-state index contributed by atoms with van der Waals surface area (Å²) in [6, 6.07) is 21.1. The summed E-state index contributed by atoms with van der Waals surface area (Å²) in [5.41, 5.74) is 3.10. The van der Waals surface area contributed by atoms with Crippen molar-refractivity contribution >= 4 is 22.1 Å². The fraction of sp³-hybridized carbons (Fsp3) is 0.512. The lowest BCUT2D eigenvalue weighted by molar-refractivity contribution is 0.304. The zero-order chi connectivity index (χ0) is 32.8. The average molecular weight is 652 g/mol. The van der Waals surface area contributed by atoms with E-state index in [4.69, 9.17) is 9.47 Å². The van der Waals surface area contributed by atoms with Gasteiger partial charge in [0.2, 0.25) is 0 Å². The van der Waals surface area contributed by atoms with Crippen LogP contribution in [-0.4, -0.2) is 18.2 Å². The van der Waals surface area contributed by atoms with Gasteiger partial charge >= 0.3 is 0 Å². The summed E-state index contributed by atoms with van der Waals surface area (Å²) in [6.07, 6.45) is 25.7. The first-order valence-corrected chi connectivity index (χ1v) is 19.4. The van der Waals surface area contributed by atoms with Crippen LogP contribution in [0.5, 0.6) is 10.8 Å². The molecule has 0 unspecified atom stereocenters. The minimum atomic E-state index is 0.774. The zero-order valence-electron chi connectivity index (χ0n) is 29.2. The number of aromatic nitrogens is 1. The predicted molar refractivity (Wildman–Crippen MR) is 203 cm³/mol. The standard InChI is InChI=1S/C43H57NO2S/c1-3-5-7-9-11-13-14-16-18-20-32-46-42-35-44-43(47-42)38-26-23-36(24-27-38)21-22-37-25-28-40-34-41(30-29-39(40)33-37)45-31-19-17-15-12-10-8-6-4-2/h23-30,33-35H,3-20,31-32H2,1-2H3. The number of ether oxygens (including phenoxy) is 2. The van der Waals surface area contributed by atoms with Gasteiger partial charge in [-0.1, -0.05) is 164 Å². The average Bonchev–Trinajstić information content (AvgIpc) is 3.58. The Bertz CT molecular complexity index is 1480. The first-order valence-electron chi connectivity index (χ1n) is 18.6. The Morgan fingerprint density at radius 1 is 0.532 bits per heavy atom. The van der Waals surface area contributed by atoms with Crippen molar-refractivity contribution in [2.45, 2.75) is 129 Å². The summed E-state index contributed by atoms with van der Waals surface area (Å²) in [4.78, 5) is 4.60. The minimum Gasteiger partial charge on any atom is -0.494 e. The molecule has 4 heteroatoms. The molecule has 1 aromatic heterocycles. The molecule has 0 radical (unpaired) electrons. The molecule has 0 saturated heterocycles. The molecule has 4 rings (SSSR count). The number of rotatable bonds is 23. The SMILES string of the molecule is CCCCCCCCCCCCOc1cnc(-c2ccc(C#Cc3ccc4cc(OCCCCCCCCCC)ccc4c3)cc2)s1. The van der Waals surface area contributed by atoms with Crippen LogP contribution < -0.4 is 9.47 Å². The molecule has 1 heterocycles. The third-order valence-electron chi connectivity index (χ3n) is 8.79. The van der Waals surface area contributed by atoms with E-state index in [0.29, 0.717) is 0 Å². The first kappa shape index (κ1) is 36.5. The van der Waals surface area contributed by atoms with Gasteiger partial charge in [0.25, 0.3) is 0 Å². The van der Waals surface area contributed by atoms with Crippen molar-refractivity contribution in [2.75, 3.05) is 13.2 Å². The Morgan fingerprint density at radius 3 is 1.68 bits per heavy atom. The molecular formula is C43H57NO2S. The van der Waals surface area contributed by atoms with Gasteiger partial charge in [0.15, 0.2) is 5.06 Å². The van der Waals surface area contributed by atoms with Gasteiger partial charge in [-0.15, -0.1) is 0 Å². The van der Waals surface area contributed by atoms with Crippen LogP contribution in [0.2, 0.25) is 0 Å². The third-order valence-corrected chi connectivity index (χ3v) is 9.75. The number of fused-ring (bicyclic) bond motifs is 1. The van der Waals surface area contributed by atoms with Crippen LogP contribution in [0.3, 0.4) is 0 Å². The number of nitrogens with zero attached hydrogens (tertiary/aromatic N) is 1. The molecule has 0 bridgehead atoms. The van der Waals surface area contributed by atoms with Crippen LogP contribution in [0, 0.1) is 11.8 Å². The first-order chi connectivity index (χ1) is 23.2. The topological polar surface area (TPSA) is 31.4 Å². The lowest BCUT2D eigenvalue weighted by Gasteiger charge is -2.08. The molecule has 0 spiro atoms. The number of thiazole rings is 1. The van der Waals surface area contributed by atoms with Gasteiger partial charge in [-0.05, 0) is 60.0 Å². The van der Waals surface area contributed by atoms with Crippen molar-refractivity contribution in [1.82, 2.24) is 4.98 Å². The summed E-state index contributed by atoms with van der Waals surface area (Å²) in [6.45, 7) is 6.11. The highest BCUT2D eigenvalue weighted by Crippen LogP contribution is 2.30. The van der Waals surface area contributed by atoms with Gasteiger partial charge in [-0.2, -0.15) is 0 Å². The maximum atomic E-state index is 6.05. The van der Waals surface area contributed by atoms with Crippen molar-refractivity contribution in [3.63, 3.8) is 0 Å². The molecule has 0 aliphatic heterocycles. The monoisotopic (exact) mass is 651 g/mol. The maximum absolute atomic E-state index is 6.05. The smallest absolute Gasteiger partial charge is 0.194 e. The van der Waals surface area contributed by atoms with Crippen LogP contribution in [0.1, 0.15) is 141 Å². The molecule has 4 aromatic rings. The Hall–Kier alpha value is -3.29. The van der Waals surface area contributed by atoms with E-state index < -0.39 is 0 Å². The Kier molecular flexibility index (Phi) is 17.3. The molecule has 47 heavy (non-hydrogen) atoms. The Labute approximate surface area is 289 Å². The molecule has 0 saturated carbocycles. The van der Waals surface area contributed by atoms with Crippen LogP contribution in [0.25, 0.3) is 21.3 Å². The van der Waals surface area contributed by atoms with Crippen molar-refractivity contribution in [2.24, 2.45) is 0 Å². The Balaban J connectivity index is 1.15. The third kappa shape index (κ3) is 14.2. The van der Waals surface area contributed by atoms with Gasteiger partial charge in [-0.3, -0.25) is 0 Å². The molecule has 3 aromatic carbocycles. The van der Waals surface area contributed by atoms with E-state index in [9.17, 15) is 0 Å². The number of hydrogen-bond donors (Lipinski definition) is 0. The van der Waals surface area contributed by atoms with Crippen molar-refractivity contribution < 1.29 is 9.47 Å². The van der Waals surface area contributed by atoms with E-state index in [2.05, 4.69) is 91.3 Å². The molecule has 0 amide bonds. The lowest BCUT2D eigenvalue weighted by atomic mass is 10.1. The van der Waals surface area contributed by atoms with Gasteiger partial charge in [0, 0.05) is 16.7 Å². The number of benzene rings is 3. The molecule has 3 nitrogen and oxygen atoms in total. The summed E-state index contributed by atoms with van der Waals surface area (Å²) >= 11 is 1.62. The second-order valence-electron chi connectivity index (χ2n) is 12.9. The predicted octanol–water partition coefficient (Wildman–Crippen LogP) is 13.2. The second-order valence-corrected chi connectivity index (χ2v) is 13.9.